The van der Waals surface area contributed by atoms with Crippen molar-refractivity contribution in [1.82, 2.24) is 19.7 Å². The van der Waals surface area contributed by atoms with Crippen LogP contribution in [0.5, 0.6) is 0 Å². The standard InChI is InChI=1S/C21H39N4O4P/c1-8-9-10-21-19(2)25(17-20(21)11-13-23(4)5)18-29-30(26,27-15-12-22-3)28-16-14-24(6)7/h8-10,17,22H,1,11-16,18H2,2-7H3/b10-9-. The molecule has 0 aliphatic rings. The first-order valence-electron chi connectivity index (χ1n) is 10.2. The van der Waals surface area contributed by atoms with Crippen LogP contribution in [0.1, 0.15) is 16.8 Å². The minimum Gasteiger partial charge on any atom is -0.327 e. The molecule has 0 aromatic carbocycles. The zero-order valence-electron chi connectivity index (χ0n) is 19.4. The molecule has 1 aromatic heterocycles. The molecule has 1 heterocycles. The Hall–Kier alpha value is -1.25. The quantitative estimate of drug-likeness (QED) is 0.240. The molecule has 1 unspecified atom stereocenters. The third-order valence-electron chi connectivity index (χ3n) is 4.45. The topological polar surface area (TPSA) is 68.2 Å². The average Bonchev–Trinajstić information content (AvgIpc) is 2.98. The minimum atomic E-state index is -3.68. The van der Waals surface area contributed by atoms with E-state index in [-0.39, 0.29) is 19.9 Å². The maximum atomic E-state index is 13.1. The van der Waals surface area contributed by atoms with Crippen molar-refractivity contribution >= 4 is 13.9 Å². The van der Waals surface area contributed by atoms with E-state index in [1.165, 1.54) is 5.56 Å². The van der Waals surface area contributed by atoms with E-state index in [0.29, 0.717) is 13.1 Å². The van der Waals surface area contributed by atoms with Crippen molar-refractivity contribution in [2.45, 2.75) is 20.1 Å². The van der Waals surface area contributed by atoms with E-state index in [0.717, 1.165) is 24.2 Å². The zero-order chi connectivity index (χ0) is 22.6. The summed E-state index contributed by atoms with van der Waals surface area (Å²) >= 11 is 0. The van der Waals surface area contributed by atoms with E-state index in [4.69, 9.17) is 13.6 Å². The Morgan fingerprint density at radius 3 is 2.40 bits per heavy atom. The SMILES string of the molecule is C=C/C=C\c1c(CCN(C)C)cn(COP(=O)(OCCNC)OCCN(C)C)c1C. The first-order chi connectivity index (χ1) is 14.2. The van der Waals surface area contributed by atoms with Crippen LogP contribution in [0.4, 0.5) is 0 Å². The third-order valence-corrected chi connectivity index (χ3v) is 5.88. The number of allylic oxidation sites excluding steroid dienone is 2. The zero-order valence-corrected chi connectivity index (χ0v) is 20.3. The molecule has 0 amide bonds. The predicted octanol–water partition coefficient (Wildman–Crippen LogP) is 3.00. The van der Waals surface area contributed by atoms with Crippen LogP contribution >= 0.6 is 7.82 Å². The lowest BCUT2D eigenvalue weighted by Crippen LogP contribution is -2.19. The molecule has 172 valence electrons. The van der Waals surface area contributed by atoms with Crippen molar-refractivity contribution in [2.24, 2.45) is 0 Å². The Bertz CT molecular complexity index is 716. The van der Waals surface area contributed by atoms with Crippen LogP contribution in [-0.2, 0) is 31.3 Å². The number of hydrogen-bond acceptors (Lipinski definition) is 7. The smallest absolute Gasteiger partial charge is 0.327 e. The lowest BCUT2D eigenvalue weighted by molar-refractivity contribution is 0.0857. The van der Waals surface area contributed by atoms with Gasteiger partial charge in [0, 0.05) is 31.5 Å². The molecule has 8 nitrogen and oxygen atoms in total. The second-order valence-corrected chi connectivity index (χ2v) is 9.22. The molecule has 0 spiro atoms. The molecule has 1 N–H and O–H groups in total. The molecule has 0 radical (unpaired) electrons. The normalized spacial score (nSPS) is 14.1. The predicted molar refractivity (Wildman–Crippen MR) is 124 cm³/mol. The fourth-order valence-electron chi connectivity index (χ4n) is 2.65. The van der Waals surface area contributed by atoms with Crippen LogP contribution in [0.2, 0.25) is 0 Å². The number of likely N-dealkylation sites (N-methyl/N-ethyl adjacent to an activating group) is 3. The van der Waals surface area contributed by atoms with E-state index in [1.807, 2.05) is 48.8 Å². The van der Waals surface area contributed by atoms with E-state index in [9.17, 15) is 4.57 Å². The van der Waals surface area contributed by atoms with Gasteiger partial charge in [-0.3, -0.25) is 13.6 Å². The molecule has 1 rings (SSSR count). The number of nitrogens with one attached hydrogen (secondary N) is 1. The van der Waals surface area contributed by atoms with Crippen molar-refractivity contribution in [1.29, 1.82) is 0 Å². The minimum absolute atomic E-state index is 0.0848. The van der Waals surface area contributed by atoms with Crippen molar-refractivity contribution in [3.63, 3.8) is 0 Å². The molecule has 1 aromatic rings. The Morgan fingerprint density at radius 1 is 1.13 bits per heavy atom. The van der Waals surface area contributed by atoms with Crippen molar-refractivity contribution in [2.75, 3.05) is 68.1 Å². The molecular formula is C21H39N4O4P. The van der Waals surface area contributed by atoms with Crippen LogP contribution in [0.15, 0.2) is 24.9 Å². The van der Waals surface area contributed by atoms with Gasteiger partial charge in [0.2, 0.25) is 0 Å². The number of aromatic nitrogens is 1. The molecule has 0 aliphatic carbocycles. The third kappa shape index (κ3) is 9.71. The van der Waals surface area contributed by atoms with Crippen LogP contribution in [0.25, 0.3) is 6.08 Å². The van der Waals surface area contributed by atoms with Gasteiger partial charge >= 0.3 is 7.82 Å². The fraction of sp³-hybridized carbons (Fsp3) is 0.619. The number of phosphoric ester groups is 1. The van der Waals surface area contributed by atoms with Gasteiger partial charge in [0.25, 0.3) is 0 Å². The summed E-state index contributed by atoms with van der Waals surface area (Å²) in [4.78, 5) is 4.09. The Kier molecular flexibility index (Phi) is 12.4. The van der Waals surface area contributed by atoms with E-state index in [2.05, 4.69) is 30.9 Å². The molecule has 0 aliphatic heterocycles. The summed E-state index contributed by atoms with van der Waals surface area (Å²) < 4.78 is 31.7. The highest BCUT2D eigenvalue weighted by molar-refractivity contribution is 7.48. The number of hydrogen-bond donors (Lipinski definition) is 1. The summed E-state index contributed by atoms with van der Waals surface area (Å²) in [5.74, 6) is 0. The van der Waals surface area contributed by atoms with Crippen molar-refractivity contribution in [3.05, 3.63) is 41.7 Å². The van der Waals surface area contributed by atoms with Gasteiger partial charge in [-0.05, 0) is 59.7 Å². The van der Waals surface area contributed by atoms with Gasteiger partial charge in [-0.1, -0.05) is 24.8 Å². The van der Waals surface area contributed by atoms with E-state index >= 15 is 0 Å². The lowest BCUT2D eigenvalue weighted by Gasteiger charge is -2.20. The number of nitrogens with zero attached hydrogens (tertiary/aromatic N) is 3. The summed E-state index contributed by atoms with van der Waals surface area (Å²) in [6.07, 6.45) is 8.65. The van der Waals surface area contributed by atoms with Gasteiger partial charge in [-0.25, -0.2) is 4.57 Å². The monoisotopic (exact) mass is 442 g/mol. The van der Waals surface area contributed by atoms with Gasteiger partial charge in [0.05, 0.1) is 13.2 Å². The molecule has 1 atom stereocenters. The first-order valence-corrected chi connectivity index (χ1v) is 11.6. The lowest BCUT2D eigenvalue weighted by atomic mass is 10.1. The second kappa shape index (κ2) is 13.9. The Balaban J connectivity index is 2.95. The summed E-state index contributed by atoms with van der Waals surface area (Å²) in [5.41, 5.74) is 3.35. The highest BCUT2D eigenvalue weighted by atomic mass is 31.2. The Labute approximate surface area is 182 Å². The maximum Gasteiger partial charge on any atom is 0.476 e. The highest BCUT2D eigenvalue weighted by Crippen LogP contribution is 2.49. The Morgan fingerprint density at radius 2 is 1.80 bits per heavy atom. The van der Waals surface area contributed by atoms with Gasteiger partial charge in [-0.15, -0.1) is 0 Å². The maximum absolute atomic E-state index is 13.1. The average molecular weight is 443 g/mol. The molecule has 0 bridgehead atoms. The summed E-state index contributed by atoms with van der Waals surface area (Å²) in [5, 5.41) is 2.96. The molecule has 30 heavy (non-hydrogen) atoms. The summed E-state index contributed by atoms with van der Waals surface area (Å²) in [7, 11) is 6.08. The van der Waals surface area contributed by atoms with Gasteiger partial charge in [-0.2, -0.15) is 0 Å². The number of rotatable bonds is 16. The van der Waals surface area contributed by atoms with Crippen LogP contribution in [0, 0.1) is 6.92 Å². The van der Waals surface area contributed by atoms with Crippen LogP contribution in [0.3, 0.4) is 0 Å². The first kappa shape index (κ1) is 26.8. The van der Waals surface area contributed by atoms with Crippen LogP contribution in [-0.4, -0.2) is 82.5 Å². The summed E-state index contributed by atoms with van der Waals surface area (Å²) in [6.45, 7) is 8.46. The second-order valence-electron chi connectivity index (χ2n) is 7.55. The van der Waals surface area contributed by atoms with Crippen LogP contribution < -0.4 is 5.32 Å². The van der Waals surface area contributed by atoms with E-state index < -0.39 is 7.82 Å². The van der Waals surface area contributed by atoms with Crippen molar-refractivity contribution < 1.29 is 18.1 Å². The van der Waals surface area contributed by atoms with Gasteiger partial charge < -0.3 is 19.7 Å². The van der Waals surface area contributed by atoms with E-state index in [1.54, 1.807) is 13.1 Å². The van der Waals surface area contributed by atoms with Gasteiger partial charge in [0.15, 0.2) is 0 Å². The van der Waals surface area contributed by atoms with Gasteiger partial charge in [0.1, 0.15) is 6.73 Å². The molecule has 9 heteroatoms. The summed E-state index contributed by atoms with van der Waals surface area (Å²) in [6, 6.07) is 0. The molecule has 0 fully saturated rings. The fourth-order valence-corrected chi connectivity index (χ4v) is 3.76. The highest BCUT2D eigenvalue weighted by Gasteiger charge is 2.27. The largest absolute Gasteiger partial charge is 0.476 e. The molecule has 0 saturated heterocycles. The molecular weight excluding hydrogens is 403 g/mol. The molecule has 0 saturated carbocycles. The van der Waals surface area contributed by atoms with Crippen molar-refractivity contribution in [3.8, 4) is 0 Å². The number of phosphoric acid groups is 1.